The Morgan fingerprint density at radius 2 is 1.88 bits per heavy atom. The van der Waals surface area contributed by atoms with Crippen LogP contribution in [0.25, 0.3) is 0 Å². The number of aliphatic hydroxyl groups excluding tert-OH is 1. The van der Waals surface area contributed by atoms with Crippen LogP contribution in [0, 0.1) is 23.7 Å². The lowest BCUT2D eigenvalue weighted by Gasteiger charge is -2.44. The average molecular weight is 584 g/mol. The van der Waals surface area contributed by atoms with E-state index in [4.69, 9.17) is 25.8 Å². The summed E-state index contributed by atoms with van der Waals surface area (Å²) >= 11 is 6.24. The predicted molar refractivity (Wildman–Crippen MR) is 156 cm³/mol. The number of cyclic esters (lactones) is 1. The number of esters is 1. The van der Waals surface area contributed by atoms with Crippen LogP contribution in [-0.4, -0.2) is 84.8 Å². The Kier molecular flexibility index (Phi) is 14.5. The van der Waals surface area contributed by atoms with Gasteiger partial charge in [-0.15, -0.1) is 11.6 Å². The van der Waals surface area contributed by atoms with Gasteiger partial charge in [0.05, 0.1) is 12.2 Å². The van der Waals surface area contributed by atoms with Crippen molar-refractivity contribution in [2.45, 2.75) is 110 Å². The molecule has 9 heteroatoms. The molecule has 0 amide bonds. The second kappa shape index (κ2) is 16.8. The van der Waals surface area contributed by atoms with E-state index in [1.807, 2.05) is 59.7 Å². The number of hydrogen-bond acceptors (Lipinski definition) is 8. The summed E-state index contributed by atoms with van der Waals surface area (Å²) in [4.78, 5) is 39.8. The van der Waals surface area contributed by atoms with E-state index in [-0.39, 0.29) is 72.4 Å². The van der Waals surface area contributed by atoms with E-state index in [2.05, 4.69) is 0 Å². The summed E-state index contributed by atoms with van der Waals surface area (Å²) in [5.74, 6) is -1.09. The van der Waals surface area contributed by atoms with Crippen LogP contribution in [0.1, 0.15) is 73.1 Å². The number of hydrogen-bond donors (Lipinski definition) is 1. The van der Waals surface area contributed by atoms with Crippen molar-refractivity contribution in [2.24, 2.45) is 23.7 Å². The van der Waals surface area contributed by atoms with Gasteiger partial charge in [-0.1, -0.05) is 38.5 Å². The Hall–Kier alpha value is -1.58. The molecule has 2 aliphatic rings. The first-order valence-corrected chi connectivity index (χ1v) is 15.2. The minimum Gasteiger partial charge on any atom is -0.462 e. The van der Waals surface area contributed by atoms with Gasteiger partial charge in [-0.25, -0.2) is 0 Å². The molecule has 2 rings (SSSR count). The van der Waals surface area contributed by atoms with Crippen LogP contribution in [0.3, 0.4) is 0 Å². The zero-order valence-electron chi connectivity index (χ0n) is 25.3. The first-order chi connectivity index (χ1) is 18.9. The van der Waals surface area contributed by atoms with Gasteiger partial charge < -0.3 is 29.0 Å². The number of allylic oxidation sites excluding steroid dienone is 3. The summed E-state index contributed by atoms with van der Waals surface area (Å²) in [6.45, 7) is 9.62. The number of ketones is 1. The van der Waals surface area contributed by atoms with Crippen molar-refractivity contribution in [3.8, 4) is 0 Å². The maximum Gasteiger partial charge on any atom is 0.306 e. The Labute approximate surface area is 245 Å². The quantitative estimate of drug-likeness (QED) is 0.261. The molecular weight excluding hydrogens is 534 g/mol. The van der Waals surface area contributed by atoms with Crippen molar-refractivity contribution < 1.29 is 33.7 Å². The summed E-state index contributed by atoms with van der Waals surface area (Å²) in [6, 6.07) is -0.155. The second-order valence-corrected chi connectivity index (χ2v) is 12.2. The van der Waals surface area contributed by atoms with Gasteiger partial charge in [0.15, 0.2) is 12.1 Å². The first kappa shape index (κ1) is 34.6. The Morgan fingerprint density at radius 1 is 1.18 bits per heavy atom. The zero-order valence-corrected chi connectivity index (χ0v) is 26.0. The lowest BCUT2D eigenvalue weighted by molar-refractivity contribution is -0.280. The fourth-order valence-electron chi connectivity index (χ4n) is 5.81. The Morgan fingerprint density at radius 3 is 2.48 bits per heavy atom. The van der Waals surface area contributed by atoms with Gasteiger partial charge in [-0.2, -0.15) is 0 Å². The zero-order chi connectivity index (χ0) is 30.0. The number of carbonyl (C=O) groups excluding carboxylic acids is 3. The highest BCUT2D eigenvalue weighted by atomic mass is 35.5. The van der Waals surface area contributed by atoms with E-state index >= 15 is 0 Å². The third-order valence-corrected chi connectivity index (χ3v) is 8.62. The van der Waals surface area contributed by atoms with Gasteiger partial charge in [-0.05, 0) is 71.5 Å². The summed E-state index contributed by atoms with van der Waals surface area (Å²) in [6.07, 6.45) is 5.78. The van der Waals surface area contributed by atoms with Gasteiger partial charge in [0.2, 0.25) is 0 Å². The molecule has 4 unspecified atom stereocenters. The van der Waals surface area contributed by atoms with Gasteiger partial charge >= 0.3 is 5.97 Å². The molecule has 8 nitrogen and oxygen atoms in total. The molecule has 228 valence electrons. The van der Waals surface area contributed by atoms with E-state index in [9.17, 15) is 19.5 Å². The molecule has 1 N–H and O–H groups in total. The largest absolute Gasteiger partial charge is 0.462 e. The molecule has 0 aromatic carbocycles. The lowest BCUT2D eigenvalue weighted by Crippen LogP contribution is -2.55. The molecule has 1 fully saturated rings. The van der Waals surface area contributed by atoms with Crippen molar-refractivity contribution in [2.75, 3.05) is 20.0 Å². The van der Waals surface area contributed by atoms with E-state index < -0.39 is 18.5 Å². The van der Waals surface area contributed by atoms with Crippen molar-refractivity contribution in [1.29, 1.82) is 0 Å². The number of carbonyl (C=O) groups is 3. The Balaban J connectivity index is 2.43. The van der Waals surface area contributed by atoms with Crippen molar-refractivity contribution in [3.63, 3.8) is 0 Å². The summed E-state index contributed by atoms with van der Waals surface area (Å²) in [5, 5.41) is 11.1. The molecule has 0 aromatic rings. The third kappa shape index (κ3) is 10.1. The minimum absolute atomic E-state index is 0.0433. The van der Waals surface area contributed by atoms with E-state index in [1.165, 1.54) is 0 Å². The normalized spacial score (nSPS) is 39.3. The van der Waals surface area contributed by atoms with Crippen LogP contribution < -0.4 is 0 Å². The van der Waals surface area contributed by atoms with Gasteiger partial charge in [0.1, 0.15) is 18.5 Å². The fraction of sp³-hybridized carbons (Fsp3) is 0.774. The molecule has 0 saturated carbocycles. The van der Waals surface area contributed by atoms with Crippen LogP contribution in [0.2, 0.25) is 0 Å². The molecule has 0 spiro atoms. The summed E-state index contributed by atoms with van der Waals surface area (Å²) in [7, 11) is 3.82. The fourth-order valence-corrected chi connectivity index (χ4v) is 6.10. The molecule has 1 saturated heterocycles. The predicted octanol–water partition coefficient (Wildman–Crippen LogP) is 4.71. The van der Waals surface area contributed by atoms with Gasteiger partial charge in [-0.3, -0.25) is 9.59 Å². The highest BCUT2D eigenvalue weighted by Crippen LogP contribution is 2.34. The summed E-state index contributed by atoms with van der Waals surface area (Å²) in [5.41, 5.74) is 0.861. The van der Waals surface area contributed by atoms with E-state index in [1.54, 1.807) is 12.2 Å². The molecule has 2 aliphatic heterocycles. The maximum atomic E-state index is 13.1. The molecule has 0 aliphatic carbocycles. The van der Waals surface area contributed by atoms with Crippen molar-refractivity contribution in [1.82, 2.24) is 4.90 Å². The van der Waals surface area contributed by atoms with E-state index in [0.717, 1.165) is 11.9 Å². The molecule has 0 bridgehead atoms. The monoisotopic (exact) mass is 583 g/mol. The number of ether oxygens (including phenoxy) is 3. The molecule has 0 aromatic heterocycles. The smallest absolute Gasteiger partial charge is 0.306 e. The SMILES string of the molecule is CC[C@H]1OC(=O)CC[C@H](C)[C@@H](OC2OC(C)CC(N(C)C)C2O)[C@@H](CC=O)C[C@@H](C)C(=O)/C=C/C(C)=C/[C@@H]1CCl. The maximum absolute atomic E-state index is 13.1. The van der Waals surface area contributed by atoms with Crippen molar-refractivity contribution >= 4 is 29.6 Å². The number of rotatable bonds is 7. The number of likely N-dealkylation sites (N-methyl/N-ethyl adjacent to an activating group) is 1. The van der Waals surface area contributed by atoms with Gasteiger partial charge in [0, 0.05) is 36.6 Å². The second-order valence-electron chi connectivity index (χ2n) is 11.9. The van der Waals surface area contributed by atoms with Crippen molar-refractivity contribution in [3.05, 3.63) is 23.8 Å². The van der Waals surface area contributed by atoms with E-state index in [0.29, 0.717) is 25.7 Å². The number of nitrogens with zero attached hydrogens (tertiary/aromatic N) is 1. The molecule has 0 radical (unpaired) electrons. The topological polar surface area (TPSA) is 102 Å². The van der Waals surface area contributed by atoms with Crippen LogP contribution in [0.4, 0.5) is 0 Å². The number of aliphatic hydroxyl groups is 1. The molecule has 10 atom stereocenters. The standard InChI is InChI=1S/C31H50ClNO7/c1-8-27-24(18-32)15-19(2)9-11-26(35)21(4)16-23(13-14-34)30(20(3)10-12-28(36)39-27)40-31-29(37)25(33(6)7)17-22(5)38-31/h9,11,14-15,20-25,27,29-31,37H,8,10,12-13,16-18H2,1-7H3/b11-9+,19-15+/t20-,21+,22?,23-,24+,25?,27+,29?,30+,31?/m0/s1. The number of aldehydes is 1. The highest BCUT2D eigenvalue weighted by Gasteiger charge is 2.41. The molecule has 40 heavy (non-hydrogen) atoms. The number of alkyl halides is 1. The van der Waals surface area contributed by atoms with Gasteiger partial charge in [0.25, 0.3) is 0 Å². The van der Waals surface area contributed by atoms with Crippen LogP contribution in [0.15, 0.2) is 23.8 Å². The third-order valence-electron chi connectivity index (χ3n) is 8.27. The lowest BCUT2D eigenvalue weighted by atomic mass is 9.80. The Bertz CT molecular complexity index is 891. The highest BCUT2D eigenvalue weighted by molar-refractivity contribution is 6.18. The van der Waals surface area contributed by atoms with Crippen LogP contribution >= 0.6 is 11.6 Å². The van der Waals surface area contributed by atoms with Crippen LogP contribution in [0.5, 0.6) is 0 Å². The van der Waals surface area contributed by atoms with Crippen LogP contribution in [-0.2, 0) is 28.6 Å². The summed E-state index contributed by atoms with van der Waals surface area (Å²) < 4.78 is 18.4. The minimum atomic E-state index is -0.900. The molecular formula is C31H50ClNO7. The molecule has 2 heterocycles. The number of halogens is 1. The first-order valence-electron chi connectivity index (χ1n) is 14.7. The average Bonchev–Trinajstić information content (AvgIpc) is 2.91.